The third kappa shape index (κ3) is 11.2. The number of esters is 1. The maximum absolute atomic E-state index is 12.9. The number of rotatable bonds is 19. The Bertz CT molecular complexity index is 849. The zero-order chi connectivity index (χ0) is 26.1. The molecule has 0 saturated heterocycles. The minimum absolute atomic E-state index is 0.0459. The monoisotopic (exact) mass is 496 g/mol. The van der Waals surface area contributed by atoms with E-state index in [-0.39, 0.29) is 18.8 Å². The fourth-order valence-corrected chi connectivity index (χ4v) is 5.01. The van der Waals surface area contributed by atoms with Gasteiger partial charge in [-0.25, -0.2) is 4.79 Å². The van der Waals surface area contributed by atoms with Crippen molar-refractivity contribution in [2.75, 3.05) is 20.9 Å². The van der Waals surface area contributed by atoms with Crippen molar-refractivity contribution in [2.24, 2.45) is 0 Å². The van der Waals surface area contributed by atoms with Crippen LogP contribution >= 0.6 is 0 Å². The highest BCUT2D eigenvalue weighted by Gasteiger charge is 2.35. The minimum Gasteiger partial charge on any atom is -0.457 e. The summed E-state index contributed by atoms with van der Waals surface area (Å²) in [7, 11) is 4.18. The van der Waals surface area contributed by atoms with Crippen molar-refractivity contribution in [3.05, 3.63) is 65.7 Å². The van der Waals surface area contributed by atoms with Crippen molar-refractivity contribution in [1.29, 1.82) is 0 Å². The van der Waals surface area contributed by atoms with Crippen LogP contribution in [-0.2, 0) is 22.5 Å². The lowest BCUT2D eigenvalue weighted by Crippen LogP contribution is -2.52. The van der Waals surface area contributed by atoms with Crippen molar-refractivity contribution >= 4 is 5.97 Å². The molecule has 2 aromatic rings. The molecule has 4 heteroatoms. The van der Waals surface area contributed by atoms with Crippen molar-refractivity contribution in [3.8, 4) is 5.75 Å². The predicted molar refractivity (Wildman–Crippen MR) is 150 cm³/mol. The molecule has 0 spiro atoms. The molecule has 4 nitrogen and oxygen atoms in total. The minimum atomic E-state index is -0.240. The van der Waals surface area contributed by atoms with Crippen LogP contribution in [-0.4, -0.2) is 37.4 Å². The molecule has 0 fully saturated rings. The molecule has 2 aromatic carbocycles. The highest BCUT2D eigenvalue weighted by atomic mass is 16.7. The summed E-state index contributed by atoms with van der Waals surface area (Å²) in [5, 5.41) is 0. The average molecular weight is 497 g/mol. The number of carbonyl (C=O) groups is 1. The Balaban J connectivity index is 1.73. The van der Waals surface area contributed by atoms with Crippen LogP contribution < -0.4 is 4.74 Å². The quantitative estimate of drug-likeness (QED) is 0.0853. The van der Waals surface area contributed by atoms with Crippen molar-refractivity contribution in [2.45, 2.75) is 103 Å². The normalized spacial score (nSPS) is 12.3. The smallest absolute Gasteiger partial charge is 0.367 e. The molecule has 0 radical (unpaired) electrons. The molecule has 0 bridgehead atoms. The average Bonchev–Trinajstić information content (AvgIpc) is 2.86. The van der Waals surface area contributed by atoms with Gasteiger partial charge in [0.15, 0.2) is 6.04 Å². The molecule has 0 heterocycles. The van der Waals surface area contributed by atoms with E-state index in [9.17, 15) is 4.79 Å². The number of carbonyl (C=O) groups excluding carboxylic acids is 1. The molecule has 0 aliphatic heterocycles. The van der Waals surface area contributed by atoms with Crippen LogP contribution in [0.15, 0.2) is 54.6 Å². The Morgan fingerprint density at radius 3 is 2.00 bits per heavy atom. The third-order valence-corrected chi connectivity index (χ3v) is 7.12. The first-order valence-corrected chi connectivity index (χ1v) is 14.2. The van der Waals surface area contributed by atoms with Crippen molar-refractivity contribution < 1.29 is 18.8 Å². The van der Waals surface area contributed by atoms with Crippen LogP contribution in [0.5, 0.6) is 5.75 Å². The van der Waals surface area contributed by atoms with Crippen LogP contribution in [0.3, 0.4) is 0 Å². The Morgan fingerprint density at radius 1 is 0.778 bits per heavy atom. The summed E-state index contributed by atoms with van der Waals surface area (Å²) in [4.78, 5) is 12.9. The van der Waals surface area contributed by atoms with Crippen LogP contribution in [0.2, 0.25) is 0 Å². The first-order valence-electron chi connectivity index (χ1n) is 14.2. The van der Waals surface area contributed by atoms with Gasteiger partial charge >= 0.3 is 5.97 Å². The van der Waals surface area contributed by atoms with E-state index in [1.165, 1.54) is 75.3 Å². The summed E-state index contributed by atoms with van der Waals surface area (Å²) in [6.07, 6.45) is 15.0. The number of aryl methyl sites for hydroxylation is 1. The van der Waals surface area contributed by atoms with Gasteiger partial charge in [-0.05, 0) is 24.5 Å². The number of benzene rings is 2. The molecule has 36 heavy (non-hydrogen) atoms. The highest BCUT2D eigenvalue weighted by Crippen LogP contribution is 2.22. The highest BCUT2D eigenvalue weighted by molar-refractivity contribution is 5.74. The standard InChI is InChI=1S/C32H50NO3/c1-5-7-8-9-10-11-12-13-14-18-23-29-24-19-20-25-31(29)35-27-36-32(34)30(6-2)33(3,4)26-28-21-16-15-17-22-28/h15-17,19-22,24-25,30H,5-14,18,23,26-27H2,1-4H3/q+1. The number of para-hydroxylation sites is 1. The van der Waals surface area contributed by atoms with E-state index < -0.39 is 0 Å². The van der Waals surface area contributed by atoms with E-state index in [0.717, 1.165) is 18.7 Å². The topological polar surface area (TPSA) is 35.5 Å². The fourth-order valence-electron chi connectivity index (χ4n) is 5.01. The van der Waals surface area contributed by atoms with Crippen LogP contribution in [0, 0.1) is 0 Å². The van der Waals surface area contributed by atoms with Crippen LogP contribution in [0.25, 0.3) is 0 Å². The number of unbranched alkanes of at least 4 members (excludes halogenated alkanes) is 9. The van der Waals surface area contributed by atoms with E-state index in [4.69, 9.17) is 9.47 Å². The van der Waals surface area contributed by atoms with Crippen molar-refractivity contribution in [3.63, 3.8) is 0 Å². The molecular formula is C32H50NO3+. The number of quaternary nitrogens is 1. The first kappa shape index (κ1) is 29.9. The Hall–Kier alpha value is -2.33. The Morgan fingerprint density at radius 2 is 1.36 bits per heavy atom. The van der Waals surface area contributed by atoms with Gasteiger partial charge in [-0.2, -0.15) is 0 Å². The van der Waals surface area contributed by atoms with Gasteiger partial charge in [-0.3, -0.25) is 0 Å². The molecule has 1 atom stereocenters. The molecule has 0 N–H and O–H groups in total. The lowest BCUT2D eigenvalue weighted by molar-refractivity contribution is -0.919. The van der Waals surface area contributed by atoms with E-state index in [1.54, 1.807) is 0 Å². The van der Waals surface area contributed by atoms with Gasteiger partial charge < -0.3 is 14.0 Å². The van der Waals surface area contributed by atoms with Gasteiger partial charge in [-0.15, -0.1) is 0 Å². The summed E-state index contributed by atoms with van der Waals surface area (Å²) in [6.45, 7) is 5.04. The van der Waals surface area contributed by atoms with E-state index in [0.29, 0.717) is 10.9 Å². The van der Waals surface area contributed by atoms with Crippen LogP contribution in [0.4, 0.5) is 0 Å². The summed E-state index contributed by atoms with van der Waals surface area (Å²) < 4.78 is 12.1. The van der Waals surface area contributed by atoms with Crippen molar-refractivity contribution in [1.82, 2.24) is 0 Å². The third-order valence-electron chi connectivity index (χ3n) is 7.12. The molecule has 2 rings (SSSR count). The summed E-state index contributed by atoms with van der Waals surface area (Å²) in [5.41, 5.74) is 2.41. The number of likely N-dealkylation sites (N-methyl/N-ethyl adjacent to an activating group) is 1. The van der Waals surface area contributed by atoms with Gasteiger partial charge in [0, 0.05) is 12.0 Å². The second kappa shape index (κ2) is 17.2. The largest absolute Gasteiger partial charge is 0.457 e. The van der Waals surface area contributed by atoms with Gasteiger partial charge in [0.1, 0.15) is 12.3 Å². The number of hydrogen-bond donors (Lipinski definition) is 0. The molecule has 0 aromatic heterocycles. The fraction of sp³-hybridized carbons (Fsp3) is 0.594. The lowest BCUT2D eigenvalue weighted by Gasteiger charge is -2.36. The predicted octanol–water partition coefficient (Wildman–Crippen LogP) is 8.08. The van der Waals surface area contributed by atoms with Crippen LogP contribution in [0.1, 0.15) is 95.6 Å². The number of ether oxygens (including phenoxy) is 2. The summed E-state index contributed by atoms with van der Waals surface area (Å²) in [6, 6.07) is 18.2. The Kier molecular flexibility index (Phi) is 14.3. The van der Waals surface area contributed by atoms with Gasteiger partial charge in [0.25, 0.3) is 0 Å². The second-order valence-corrected chi connectivity index (χ2v) is 10.6. The van der Waals surface area contributed by atoms with E-state index in [1.807, 2.05) is 37.3 Å². The zero-order valence-electron chi connectivity index (χ0n) is 23.3. The van der Waals surface area contributed by atoms with Gasteiger partial charge in [0.05, 0.1) is 14.1 Å². The molecule has 0 saturated carbocycles. The van der Waals surface area contributed by atoms with Gasteiger partial charge in [-0.1, -0.05) is 120 Å². The maximum atomic E-state index is 12.9. The SMILES string of the molecule is CCCCCCCCCCCCc1ccccc1OCOC(=O)C(CC)[N+](C)(C)Cc1ccccc1. The summed E-state index contributed by atoms with van der Waals surface area (Å²) in [5.74, 6) is 0.623. The van der Waals surface area contributed by atoms with Gasteiger partial charge in [0.2, 0.25) is 6.79 Å². The molecule has 1 unspecified atom stereocenters. The second-order valence-electron chi connectivity index (χ2n) is 10.6. The molecule has 0 amide bonds. The first-order chi connectivity index (χ1) is 17.5. The molecule has 200 valence electrons. The zero-order valence-corrected chi connectivity index (χ0v) is 23.3. The molecular weight excluding hydrogens is 446 g/mol. The lowest BCUT2D eigenvalue weighted by atomic mass is 10.0. The molecule has 0 aliphatic carbocycles. The number of hydrogen-bond acceptors (Lipinski definition) is 3. The molecule has 0 aliphatic rings. The maximum Gasteiger partial charge on any atom is 0.367 e. The Labute approximate surface area is 220 Å². The van der Waals surface area contributed by atoms with E-state index >= 15 is 0 Å². The summed E-state index contributed by atoms with van der Waals surface area (Å²) >= 11 is 0. The van der Waals surface area contributed by atoms with E-state index in [2.05, 4.69) is 45.3 Å². The number of nitrogens with zero attached hydrogens (tertiary/aromatic N) is 1.